The summed E-state index contributed by atoms with van der Waals surface area (Å²) >= 11 is 0. The van der Waals surface area contributed by atoms with Crippen LogP contribution in [0, 0.1) is 12.7 Å². The van der Waals surface area contributed by atoms with E-state index < -0.39 is 0 Å². The molecular weight excluding hydrogens is 341 g/mol. The molecule has 0 aliphatic heterocycles. The number of halogens is 1. The number of rotatable bonds is 3. The number of amides is 2. The highest BCUT2D eigenvalue weighted by Crippen LogP contribution is 2.26. The number of hydrogen-bond acceptors (Lipinski definition) is 1. The molecule has 4 rings (SSSR count). The Labute approximate surface area is 156 Å². The predicted molar refractivity (Wildman–Crippen MR) is 108 cm³/mol. The highest BCUT2D eigenvalue weighted by molar-refractivity contribution is 6.00. The third kappa shape index (κ3) is 3.82. The van der Waals surface area contributed by atoms with Crippen LogP contribution in [-0.2, 0) is 0 Å². The number of hydrogen-bond donors (Lipinski definition) is 3. The summed E-state index contributed by atoms with van der Waals surface area (Å²) in [4.78, 5) is 15.5. The molecule has 2 amide bonds. The van der Waals surface area contributed by atoms with Gasteiger partial charge in [0.15, 0.2) is 0 Å². The van der Waals surface area contributed by atoms with Crippen molar-refractivity contribution in [2.24, 2.45) is 0 Å². The number of aromatic nitrogens is 1. The Morgan fingerprint density at radius 1 is 0.889 bits per heavy atom. The number of carbonyl (C=O) groups is 1. The van der Waals surface area contributed by atoms with Gasteiger partial charge in [-0.2, -0.15) is 0 Å². The fourth-order valence-corrected chi connectivity index (χ4v) is 3.04. The van der Waals surface area contributed by atoms with E-state index in [0.29, 0.717) is 5.69 Å². The van der Waals surface area contributed by atoms with Crippen molar-refractivity contribution in [1.29, 1.82) is 0 Å². The number of H-pyrrole nitrogens is 1. The van der Waals surface area contributed by atoms with Crippen LogP contribution in [-0.4, -0.2) is 11.0 Å². The van der Waals surface area contributed by atoms with Crippen molar-refractivity contribution in [1.82, 2.24) is 4.98 Å². The molecule has 0 bridgehead atoms. The van der Waals surface area contributed by atoms with Gasteiger partial charge >= 0.3 is 6.03 Å². The zero-order valence-corrected chi connectivity index (χ0v) is 14.7. The van der Waals surface area contributed by atoms with E-state index in [9.17, 15) is 9.18 Å². The molecule has 0 saturated heterocycles. The second-order valence-electron chi connectivity index (χ2n) is 6.44. The van der Waals surface area contributed by atoms with Crippen LogP contribution in [0.3, 0.4) is 0 Å². The van der Waals surface area contributed by atoms with Crippen molar-refractivity contribution in [3.8, 4) is 11.3 Å². The van der Waals surface area contributed by atoms with Crippen molar-refractivity contribution in [2.75, 3.05) is 10.6 Å². The van der Waals surface area contributed by atoms with Gasteiger partial charge in [-0.05, 0) is 61.0 Å². The average Bonchev–Trinajstić information content (AvgIpc) is 3.05. The van der Waals surface area contributed by atoms with E-state index >= 15 is 0 Å². The van der Waals surface area contributed by atoms with Crippen LogP contribution < -0.4 is 10.6 Å². The second-order valence-corrected chi connectivity index (χ2v) is 6.44. The predicted octanol–water partition coefficient (Wildman–Crippen LogP) is 5.93. The molecule has 0 radical (unpaired) electrons. The largest absolute Gasteiger partial charge is 0.355 e. The lowest BCUT2D eigenvalue weighted by Crippen LogP contribution is -2.19. The molecule has 0 unspecified atom stereocenters. The number of benzene rings is 3. The Morgan fingerprint density at radius 2 is 1.63 bits per heavy atom. The monoisotopic (exact) mass is 359 g/mol. The molecule has 4 nitrogen and oxygen atoms in total. The maximum Gasteiger partial charge on any atom is 0.323 e. The maximum atomic E-state index is 13.4. The van der Waals surface area contributed by atoms with Crippen molar-refractivity contribution in [2.45, 2.75) is 6.92 Å². The van der Waals surface area contributed by atoms with Gasteiger partial charge in [-0.3, -0.25) is 0 Å². The fraction of sp³-hybridized carbons (Fsp3) is 0.0455. The van der Waals surface area contributed by atoms with Crippen LogP contribution in [0.4, 0.5) is 20.6 Å². The number of urea groups is 1. The van der Waals surface area contributed by atoms with E-state index in [1.807, 2.05) is 61.5 Å². The minimum Gasteiger partial charge on any atom is -0.355 e. The van der Waals surface area contributed by atoms with Gasteiger partial charge in [0.2, 0.25) is 0 Å². The maximum absolute atomic E-state index is 13.4. The van der Waals surface area contributed by atoms with Crippen LogP contribution in [0.2, 0.25) is 0 Å². The Bertz CT molecular complexity index is 1130. The number of anilines is 2. The van der Waals surface area contributed by atoms with Gasteiger partial charge in [0.25, 0.3) is 0 Å². The van der Waals surface area contributed by atoms with Crippen LogP contribution in [0.5, 0.6) is 0 Å². The van der Waals surface area contributed by atoms with Crippen LogP contribution in [0.25, 0.3) is 22.2 Å². The molecule has 27 heavy (non-hydrogen) atoms. The topological polar surface area (TPSA) is 56.9 Å². The van der Waals surface area contributed by atoms with Gasteiger partial charge in [0, 0.05) is 33.5 Å². The molecule has 3 N–H and O–H groups in total. The molecule has 0 fully saturated rings. The second kappa shape index (κ2) is 6.96. The number of aryl methyl sites for hydroxylation is 1. The summed E-state index contributed by atoms with van der Waals surface area (Å²) in [5.41, 5.74) is 5.11. The molecule has 0 saturated carbocycles. The molecule has 0 spiro atoms. The normalized spacial score (nSPS) is 10.7. The van der Waals surface area contributed by atoms with Gasteiger partial charge in [0.1, 0.15) is 5.82 Å². The Kier molecular flexibility index (Phi) is 4.34. The highest BCUT2D eigenvalue weighted by atomic mass is 19.1. The van der Waals surface area contributed by atoms with Crippen LogP contribution in [0.15, 0.2) is 72.8 Å². The Balaban J connectivity index is 1.53. The Morgan fingerprint density at radius 3 is 2.41 bits per heavy atom. The lowest BCUT2D eigenvalue weighted by Gasteiger charge is -2.09. The summed E-state index contributed by atoms with van der Waals surface area (Å²) in [7, 11) is 0. The molecule has 0 aliphatic rings. The minimum absolute atomic E-state index is 0.267. The average molecular weight is 359 g/mol. The van der Waals surface area contributed by atoms with E-state index in [-0.39, 0.29) is 11.8 Å². The number of carbonyl (C=O) groups excluding carboxylic acids is 1. The quantitative estimate of drug-likeness (QED) is 0.417. The molecule has 134 valence electrons. The van der Waals surface area contributed by atoms with E-state index in [1.165, 1.54) is 12.1 Å². The first kappa shape index (κ1) is 16.8. The first-order valence-electron chi connectivity index (χ1n) is 8.60. The number of aromatic amines is 1. The molecule has 1 heterocycles. The minimum atomic E-state index is -0.309. The summed E-state index contributed by atoms with van der Waals surface area (Å²) in [6, 6.07) is 21.3. The molecule has 0 aliphatic carbocycles. The first-order chi connectivity index (χ1) is 13.1. The zero-order chi connectivity index (χ0) is 18.8. The number of fused-ring (bicyclic) bond motifs is 1. The SMILES string of the molecule is Cc1cccc(NC(=O)Nc2cccc(-c3cc4cc(F)ccc4[nH]3)c2)c1. The third-order valence-electron chi connectivity index (χ3n) is 4.29. The molecule has 3 aromatic carbocycles. The Hall–Kier alpha value is -3.60. The van der Waals surface area contributed by atoms with Crippen molar-refractivity contribution < 1.29 is 9.18 Å². The summed E-state index contributed by atoms with van der Waals surface area (Å²) < 4.78 is 13.4. The highest BCUT2D eigenvalue weighted by Gasteiger charge is 2.07. The fourth-order valence-electron chi connectivity index (χ4n) is 3.04. The summed E-state index contributed by atoms with van der Waals surface area (Å²) in [5.74, 6) is -0.267. The van der Waals surface area contributed by atoms with Crippen molar-refractivity contribution in [3.05, 3.63) is 84.2 Å². The van der Waals surface area contributed by atoms with Gasteiger partial charge in [-0.1, -0.05) is 24.3 Å². The number of nitrogens with one attached hydrogen (secondary N) is 3. The van der Waals surface area contributed by atoms with Crippen LogP contribution >= 0.6 is 0 Å². The molecular formula is C22H18FN3O. The van der Waals surface area contributed by atoms with E-state index in [1.54, 1.807) is 6.07 Å². The molecule has 5 heteroatoms. The summed E-state index contributed by atoms with van der Waals surface area (Å²) in [5, 5.41) is 6.46. The standard InChI is InChI=1S/C22H18FN3O/c1-14-4-2-6-18(10-14)24-22(27)25-19-7-3-5-15(12-19)21-13-16-11-17(23)8-9-20(16)26-21/h2-13,26H,1H3,(H2,24,25,27). The third-order valence-corrected chi connectivity index (χ3v) is 4.29. The summed E-state index contributed by atoms with van der Waals surface area (Å²) in [6.07, 6.45) is 0. The van der Waals surface area contributed by atoms with E-state index in [2.05, 4.69) is 15.6 Å². The lowest BCUT2D eigenvalue weighted by molar-refractivity contribution is 0.262. The molecule has 4 aromatic rings. The van der Waals surface area contributed by atoms with E-state index in [4.69, 9.17) is 0 Å². The van der Waals surface area contributed by atoms with Crippen LogP contribution in [0.1, 0.15) is 5.56 Å². The lowest BCUT2D eigenvalue weighted by atomic mass is 10.1. The first-order valence-corrected chi connectivity index (χ1v) is 8.60. The van der Waals surface area contributed by atoms with Crippen molar-refractivity contribution in [3.63, 3.8) is 0 Å². The van der Waals surface area contributed by atoms with Crippen molar-refractivity contribution >= 4 is 28.3 Å². The van der Waals surface area contributed by atoms with Gasteiger partial charge in [-0.25, -0.2) is 9.18 Å². The van der Waals surface area contributed by atoms with E-state index in [0.717, 1.165) is 33.4 Å². The molecule has 1 aromatic heterocycles. The smallest absolute Gasteiger partial charge is 0.323 e. The molecule has 0 atom stereocenters. The van der Waals surface area contributed by atoms with Gasteiger partial charge in [0.05, 0.1) is 0 Å². The zero-order valence-electron chi connectivity index (χ0n) is 14.7. The van der Waals surface area contributed by atoms with Gasteiger partial charge < -0.3 is 15.6 Å². The van der Waals surface area contributed by atoms with Gasteiger partial charge in [-0.15, -0.1) is 0 Å². The summed E-state index contributed by atoms with van der Waals surface area (Å²) in [6.45, 7) is 1.97.